The van der Waals surface area contributed by atoms with E-state index in [0.717, 1.165) is 17.8 Å². The van der Waals surface area contributed by atoms with E-state index in [9.17, 15) is 4.79 Å². The Bertz CT molecular complexity index is 402. The van der Waals surface area contributed by atoms with E-state index in [2.05, 4.69) is 35.1 Å². The highest BCUT2D eigenvalue weighted by Crippen LogP contribution is 2.25. The van der Waals surface area contributed by atoms with Crippen LogP contribution in [-0.2, 0) is 0 Å². The zero-order valence-corrected chi connectivity index (χ0v) is 11.3. The molecule has 0 aromatic heterocycles. The molecule has 0 bridgehead atoms. The highest BCUT2D eigenvalue weighted by molar-refractivity contribution is 9.10. The van der Waals surface area contributed by atoms with Gasteiger partial charge in [-0.15, -0.1) is 0 Å². The summed E-state index contributed by atoms with van der Waals surface area (Å²) in [5.74, 6) is -0.359. The van der Waals surface area contributed by atoms with Crippen molar-refractivity contribution in [2.75, 3.05) is 11.9 Å². The number of aryl methyl sites for hydroxylation is 1. The molecule has 3 nitrogen and oxygen atoms in total. The largest absolute Gasteiger partial charge is 0.478 e. The maximum Gasteiger partial charge on any atom is 0.336 e. The third kappa shape index (κ3) is 3.23. The van der Waals surface area contributed by atoms with Crippen LogP contribution in [0.2, 0.25) is 0 Å². The molecule has 0 fully saturated rings. The third-order valence-corrected chi connectivity index (χ3v) is 2.90. The first-order valence-corrected chi connectivity index (χ1v) is 5.98. The molecule has 1 rings (SSSR count). The fourth-order valence-corrected chi connectivity index (χ4v) is 1.86. The summed E-state index contributed by atoms with van der Waals surface area (Å²) in [7, 11) is 0. The molecule has 4 heteroatoms. The Morgan fingerprint density at radius 3 is 2.62 bits per heavy atom. The van der Waals surface area contributed by atoms with Crippen LogP contribution in [0.4, 0.5) is 5.69 Å². The van der Waals surface area contributed by atoms with E-state index in [4.69, 9.17) is 5.11 Å². The van der Waals surface area contributed by atoms with Gasteiger partial charge in [-0.3, -0.25) is 0 Å². The molecule has 0 unspecified atom stereocenters. The van der Waals surface area contributed by atoms with Gasteiger partial charge in [0.2, 0.25) is 0 Å². The van der Waals surface area contributed by atoms with Crippen molar-refractivity contribution in [3.05, 3.63) is 27.7 Å². The van der Waals surface area contributed by atoms with Gasteiger partial charge < -0.3 is 10.4 Å². The number of halogens is 1. The fraction of sp³-hybridized carbons (Fsp3) is 0.417. The smallest absolute Gasteiger partial charge is 0.336 e. The number of aromatic carboxylic acids is 1. The summed E-state index contributed by atoms with van der Waals surface area (Å²) in [4.78, 5) is 10.9. The molecule has 0 spiro atoms. The second-order valence-electron chi connectivity index (χ2n) is 4.23. The van der Waals surface area contributed by atoms with Crippen molar-refractivity contribution in [1.29, 1.82) is 0 Å². The predicted molar refractivity (Wildman–Crippen MR) is 69.2 cm³/mol. The fourth-order valence-electron chi connectivity index (χ4n) is 1.35. The average molecular weight is 286 g/mol. The lowest BCUT2D eigenvalue weighted by molar-refractivity contribution is 0.0696. The molecule has 0 amide bonds. The molecule has 0 radical (unpaired) electrons. The molecule has 0 aliphatic rings. The van der Waals surface area contributed by atoms with Gasteiger partial charge in [0.25, 0.3) is 0 Å². The first-order valence-electron chi connectivity index (χ1n) is 5.19. The van der Waals surface area contributed by atoms with Crippen LogP contribution in [0.1, 0.15) is 29.8 Å². The Kier molecular flexibility index (Phi) is 4.35. The minimum atomic E-state index is -0.912. The monoisotopic (exact) mass is 285 g/mol. The van der Waals surface area contributed by atoms with Crippen LogP contribution < -0.4 is 5.32 Å². The normalized spacial score (nSPS) is 10.6. The van der Waals surface area contributed by atoms with Crippen molar-refractivity contribution in [1.82, 2.24) is 0 Å². The average Bonchev–Trinajstić information content (AvgIpc) is 2.18. The predicted octanol–water partition coefficient (Wildman–Crippen LogP) is 3.52. The third-order valence-electron chi connectivity index (χ3n) is 2.25. The van der Waals surface area contributed by atoms with Crippen LogP contribution in [0.25, 0.3) is 0 Å². The number of carbonyl (C=O) groups is 1. The summed E-state index contributed by atoms with van der Waals surface area (Å²) in [5.41, 5.74) is 2.22. The van der Waals surface area contributed by atoms with Gasteiger partial charge in [0.15, 0.2) is 0 Å². The highest BCUT2D eigenvalue weighted by atomic mass is 79.9. The van der Waals surface area contributed by atoms with Gasteiger partial charge in [-0.1, -0.05) is 13.8 Å². The lowest BCUT2D eigenvalue weighted by Gasteiger charge is -2.13. The maximum atomic E-state index is 10.9. The zero-order valence-electron chi connectivity index (χ0n) is 9.67. The van der Waals surface area contributed by atoms with Gasteiger partial charge >= 0.3 is 5.97 Å². The second-order valence-corrected chi connectivity index (χ2v) is 5.08. The summed E-state index contributed by atoms with van der Waals surface area (Å²) in [6.07, 6.45) is 0. The number of carboxylic acid groups (broad SMARTS) is 1. The van der Waals surface area contributed by atoms with Crippen LogP contribution >= 0.6 is 15.9 Å². The first-order chi connectivity index (χ1) is 7.41. The summed E-state index contributed by atoms with van der Waals surface area (Å²) in [6.45, 7) is 7.03. The van der Waals surface area contributed by atoms with Gasteiger partial charge in [0, 0.05) is 16.7 Å². The highest BCUT2D eigenvalue weighted by Gasteiger charge is 2.11. The van der Waals surface area contributed by atoms with Crippen molar-refractivity contribution in [3.8, 4) is 0 Å². The molecule has 0 saturated carbocycles. The van der Waals surface area contributed by atoms with Crippen molar-refractivity contribution in [3.63, 3.8) is 0 Å². The summed E-state index contributed by atoms with van der Waals surface area (Å²) in [6, 6.07) is 3.50. The minimum absolute atomic E-state index is 0.299. The molecule has 0 aliphatic carbocycles. The molecule has 0 saturated heterocycles. The number of nitrogens with one attached hydrogen (secondary N) is 1. The van der Waals surface area contributed by atoms with Crippen LogP contribution in [-0.4, -0.2) is 17.6 Å². The minimum Gasteiger partial charge on any atom is -0.478 e. The van der Waals surface area contributed by atoms with Gasteiger partial charge in [-0.25, -0.2) is 4.79 Å². The second kappa shape index (κ2) is 5.34. The van der Waals surface area contributed by atoms with E-state index in [1.165, 1.54) is 0 Å². The van der Waals surface area contributed by atoms with E-state index in [1.54, 1.807) is 6.07 Å². The van der Waals surface area contributed by atoms with Crippen LogP contribution in [0.3, 0.4) is 0 Å². The molecular weight excluding hydrogens is 270 g/mol. The summed E-state index contributed by atoms with van der Waals surface area (Å²) in [5, 5.41) is 12.2. The number of anilines is 1. The lowest BCUT2D eigenvalue weighted by atomic mass is 10.1. The number of rotatable bonds is 4. The van der Waals surface area contributed by atoms with Gasteiger partial charge in [-0.05, 0) is 46.5 Å². The van der Waals surface area contributed by atoms with Crippen molar-refractivity contribution in [2.24, 2.45) is 5.92 Å². The van der Waals surface area contributed by atoms with Gasteiger partial charge in [0.1, 0.15) is 0 Å². The summed E-state index contributed by atoms with van der Waals surface area (Å²) >= 11 is 3.27. The molecular formula is C12H16BrNO2. The zero-order chi connectivity index (χ0) is 12.3. The molecule has 16 heavy (non-hydrogen) atoms. The number of hydrogen-bond donors (Lipinski definition) is 2. The van der Waals surface area contributed by atoms with E-state index in [0.29, 0.717) is 16.0 Å². The van der Waals surface area contributed by atoms with Crippen molar-refractivity contribution >= 4 is 27.6 Å². The topological polar surface area (TPSA) is 49.3 Å². The van der Waals surface area contributed by atoms with Crippen LogP contribution in [0.15, 0.2) is 16.6 Å². The molecule has 2 N–H and O–H groups in total. The molecule has 0 aliphatic heterocycles. The molecule has 0 heterocycles. The number of benzene rings is 1. The SMILES string of the molecule is Cc1cc(C(=O)O)c(Br)cc1NCC(C)C. The first kappa shape index (κ1) is 13.0. The van der Waals surface area contributed by atoms with E-state index in [-0.39, 0.29) is 0 Å². The number of hydrogen-bond acceptors (Lipinski definition) is 2. The lowest BCUT2D eigenvalue weighted by Crippen LogP contribution is -2.10. The maximum absolute atomic E-state index is 10.9. The van der Waals surface area contributed by atoms with E-state index in [1.807, 2.05) is 13.0 Å². The molecule has 88 valence electrons. The number of carboxylic acids is 1. The van der Waals surface area contributed by atoms with Crippen LogP contribution in [0.5, 0.6) is 0 Å². The van der Waals surface area contributed by atoms with Crippen molar-refractivity contribution in [2.45, 2.75) is 20.8 Å². The quantitative estimate of drug-likeness (QED) is 0.890. The van der Waals surface area contributed by atoms with E-state index >= 15 is 0 Å². The van der Waals surface area contributed by atoms with Crippen LogP contribution in [0, 0.1) is 12.8 Å². The molecule has 1 aromatic rings. The van der Waals surface area contributed by atoms with Crippen molar-refractivity contribution < 1.29 is 9.90 Å². The Morgan fingerprint density at radius 1 is 1.50 bits per heavy atom. The van der Waals surface area contributed by atoms with Gasteiger partial charge in [0.05, 0.1) is 5.56 Å². The Balaban J connectivity index is 2.96. The molecule has 0 atom stereocenters. The Hall–Kier alpha value is -1.03. The molecule has 1 aromatic carbocycles. The van der Waals surface area contributed by atoms with E-state index < -0.39 is 5.97 Å². The summed E-state index contributed by atoms with van der Waals surface area (Å²) < 4.78 is 0.608. The standard InChI is InChI=1S/C12H16BrNO2/c1-7(2)6-14-11-5-10(13)9(12(15)16)4-8(11)3/h4-5,7,14H,6H2,1-3H3,(H,15,16). The van der Waals surface area contributed by atoms with Gasteiger partial charge in [-0.2, -0.15) is 0 Å². The Labute approximate surface area is 104 Å². The Morgan fingerprint density at radius 2 is 2.12 bits per heavy atom.